The summed E-state index contributed by atoms with van der Waals surface area (Å²) in [7, 11) is 0. The number of nitrogens with one attached hydrogen (secondary N) is 1. The summed E-state index contributed by atoms with van der Waals surface area (Å²) in [6.07, 6.45) is 0. The summed E-state index contributed by atoms with van der Waals surface area (Å²) >= 11 is 6.05. The van der Waals surface area contributed by atoms with Crippen molar-refractivity contribution in [3.8, 4) is 0 Å². The second kappa shape index (κ2) is 6.29. The molecule has 0 aliphatic carbocycles. The van der Waals surface area contributed by atoms with Gasteiger partial charge >= 0.3 is 0 Å². The van der Waals surface area contributed by atoms with E-state index >= 15 is 0 Å². The highest BCUT2D eigenvalue weighted by molar-refractivity contribution is 6.31. The molecule has 0 aliphatic heterocycles. The van der Waals surface area contributed by atoms with Crippen LogP contribution in [0.25, 0.3) is 0 Å². The number of rotatable bonds is 5. The number of hydrogen-bond acceptors (Lipinski definition) is 4. The first-order valence-electron chi connectivity index (χ1n) is 6.46. The fraction of sp³-hybridized carbons (Fsp3) is 0.200. The molecule has 0 spiro atoms. The molecule has 0 fully saturated rings. The van der Waals surface area contributed by atoms with Gasteiger partial charge in [-0.2, -0.15) is 0 Å². The number of hydrogen-bond donors (Lipinski definition) is 2. The van der Waals surface area contributed by atoms with E-state index in [4.69, 9.17) is 11.6 Å². The topological polar surface area (TPSA) is 75.4 Å². The lowest BCUT2D eigenvalue weighted by Gasteiger charge is -2.25. The molecule has 1 atom stereocenters. The fourth-order valence-corrected chi connectivity index (χ4v) is 2.41. The van der Waals surface area contributed by atoms with E-state index in [0.717, 1.165) is 12.1 Å². The van der Waals surface area contributed by atoms with E-state index in [9.17, 15) is 19.6 Å². The molecule has 2 aromatic carbocycles. The molecule has 0 saturated heterocycles. The Balaban J connectivity index is 2.23. The van der Waals surface area contributed by atoms with Crippen molar-refractivity contribution in [3.63, 3.8) is 0 Å². The standard InChI is InChI=1S/C15H14ClFN2O3/c1-15(20,11-4-2-3-5-12(11)16)9-18-13-7-6-10(17)8-14(13)19(21)22/h2-8,18,20H,9H2,1H3. The van der Waals surface area contributed by atoms with Crippen LogP contribution in [0.5, 0.6) is 0 Å². The van der Waals surface area contributed by atoms with Crippen LogP contribution in [0, 0.1) is 15.9 Å². The molecule has 0 saturated carbocycles. The van der Waals surface area contributed by atoms with Gasteiger partial charge in [-0.15, -0.1) is 0 Å². The van der Waals surface area contributed by atoms with Gasteiger partial charge in [0.25, 0.3) is 5.69 Å². The van der Waals surface area contributed by atoms with Gasteiger partial charge in [0.2, 0.25) is 0 Å². The Labute approximate surface area is 131 Å². The molecule has 0 amide bonds. The third kappa shape index (κ3) is 3.52. The van der Waals surface area contributed by atoms with Crippen LogP contribution in [-0.4, -0.2) is 16.6 Å². The van der Waals surface area contributed by atoms with Gasteiger partial charge in [0, 0.05) is 17.1 Å². The number of nitro groups is 1. The van der Waals surface area contributed by atoms with Crippen molar-refractivity contribution < 1.29 is 14.4 Å². The summed E-state index contributed by atoms with van der Waals surface area (Å²) in [5.74, 6) is -0.699. The number of aliphatic hydroxyl groups is 1. The Morgan fingerprint density at radius 2 is 2.05 bits per heavy atom. The predicted octanol–water partition coefficient (Wildman–Crippen LogP) is 3.71. The van der Waals surface area contributed by atoms with E-state index in [1.54, 1.807) is 24.3 Å². The smallest absolute Gasteiger partial charge is 0.295 e. The monoisotopic (exact) mass is 324 g/mol. The van der Waals surface area contributed by atoms with Crippen LogP contribution in [0.15, 0.2) is 42.5 Å². The van der Waals surface area contributed by atoms with E-state index in [-0.39, 0.29) is 12.2 Å². The van der Waals surface area contributed by atoms with Crippen LogP contribution in [0.2, 0.25) is 5.02 Å². The first kappa shape index (κ1) is 16.2. The Kier molecular flexibility index (Phi) is 4.63. The maximum Gasteiger partial charge on any atom is 0.295 e. The Hall–Kier alpha value is -2.18. The molecule has 0 aliphatic rings. The van der Waals surface area contributed by atoms with Gasteiger partial charge in [0.05, 0.1) is 11.0 Å². The van der Waals surface area contributed by atoms with Crippen molar-refractivity contribution in [2.24, 2.45) is 0 Å². The van der Waals surface area contributed by atoms with Crippen LogP contribution >= 0.6 is 11.6 Å². The molecule has 0 aromatic heterocycles. The molecule has 1 unspecified atom stereocenters. The third-order valence-electron chi connectivity index (χ3n) is 3.23. The lowest BCUT2D eigenvalue weighted by Crippen LogP contribution is -2.31. The van der Waals surface area contributed by atoms with Crippen LogP contribution in [-0.2, 0) is 5.60 Å². The minimum atomic E-state index is -1.35. The Bertz CT molecular complexity index is 707. The molecular weight excluding hydrogens is 311 g/mol. The lowest BCUT2D eigenvalue weighted by atomic mass is 9.96. The normalized spacial score (nSPS) is 13.5. The third-order valence-corrected chi connectivity index (χ3v) is 3.56. The number of nitro benzene ring substituents is 1. The Morgan fingerprint density at radius 3 is 2.68 bits per heavy atom. The second-order valence-corrected chi connectivity index (χ2v) is 5.43. The van der Waals surface area contributed by atoms with Gasteiger partial charge in [-0.1, -0.05) is 29.8 Å². The fourth-order valence-electron chi connectivity index (χ4n) is 2.07. The first-order chi connectivity index (χ1) is 10.3. The van der Waals surface area contributed by atoms with Crippen molar-refractivity contribution in [2.75, 3.05) is 11.9 Å². The van der Waals surface area contributed by atoms with Gasteiger partial charge in [0.15, 0.2) is 0 Å². The molecule has 22 heavy (non-hydrogen) atoms. The van der Waals surface area contributed by atoms with Crippen molar-refractivity contribution >= 4 is 23.0 Å². The average molecular weight is 325 g/mol. The van der Waals surface area contributed by atoms with Crippen molar-refractivity contribution in [1.82, 2.24) is 0 Å². The number of benzene rings is 2. The minimum Gasteiger partial charge on any atom is -0.384 e. The summed E-state index contributed by atoms with van der Waals surface area (Å²) in [4.78, 5) is 10.3. The molecule has 2 rings (SSSR count). The van der Waals surface area contributed by atoms with E-state index in [0.29, 0.717) is 10.6 Å². The SMILES string of the molecule is CC(O)(CNc1ccc(F)cc1[N+](=O)[O-])c1ccccc1Cl. The average Bonchev–Trinajstić information content (AvgIpc) is 2.46. The van der Waals surface area contributed by atoms with Crippen LogP contribution in [0.4, 0.5) is 15.8 Å². The molecule has 7 heteroatoms. The largest absolute Gasteiger partial charge is 0.384 e. The number of halogens is 2. The predicted molar refractivity (Wildman–Crippen MR) is 82.6 cm³/mol. The van der Waals surface area contributed by atoms with Crippen molar-refractivity contribution in [3.05, 3.63) is 69.0 Å². The van der Waals surface area contributed by atoms with Gasteiger partial charge in [-0.25, -0.2) is 4.39 Å². The molecule has 0 bridgehead atoms. The quantitative estimate of drug-likeness (QED) is 0.649. The lowest BCUT2D eigenvalue weighted by molar-refractivity contribution is -0.384. The van der Waals surface area contributed by atoms with Crippen LogP contribution in [0.1, 0.15) is 12.5 Å². The molecule has 2 N–H and O–H groups in total. The van der Waals surface area contributed by atoms with E-state index in [1.807, 2.05) is 0 Å². The summed E-state index contributed by atoms with van der Waals surface area (Å²) in [5.41, 5.74) is -1.12. The van der Waals surface area contributed by atoms with Crippen LogP contribution in [0.3, 0.4) is 0 Å². The first-order valence-corrected chi connectivity index (χ1v) is 6.84. The maximum atomic E-state index is 13.1. The number of nitrogens with zero attached hydrogens (tertiary/aromatic N) is 1. The summed E-state index contributed by atoms with van der Waals surface area (Å²) in [6.45, 7) is 1.51. The highest BCUT2D eigenvalue weighted by Gasteiger charge is 2.26. The van der Waals surface area contributed by atoms with Gasteiger partial charge in [-0.3, -0.25) is 10.1 Å². The van der Waals surface area contributed by atoms with E-state index in [1.165, 1.54) is 13.0 Å². The van der Waals surface area contributed by atoms with Crippen molar-refractivity contribution in [1.29, 1.82) is 0 Å². The highest BCUT2D eigenvalue weighted by Crippen LogP contribution is 2.30. The second-order valence-electron chi connectivity index (χ2n) is 5.03. The van der Waals surface area contributed by atoms with E-state index in [2.05, 4.69) is 5.32 Å². The van der Waals surface area contributed by atoms with Gasteiger partial charge < -0.3 is 10.4 Å². The molecule has 5 nitrogen and oxygen atoms in total. The zero-order valence-electron chi connectivity index (χ0n) is 11.7. The Morgan fingerprint density at radius 1 is 1.36 bits per heavy atom. The molecule has 0 heterocycles. The van der Waals surface area contributed by atoms with Crippen LogP contribution < -0.4 is 5.32 Å². The van der Waals surface area contributed by atoms with Crippen molar-refractivity contribution in [2.45, 2.75) is 12.5 Å². The summed E-state index contributed by atoms with van der Waals surface area (Å²) in [6, 6.07) is 9.98. The molecule has 2 aromatic rings. The zero-order valence-corrected chi connectivity index (χ0v) is 12.5. The highest BCUT2D eigenvalue weighted by atomic mass is 35.5. The molecule has 116 valence electrons. The van der Waals surface area contributed by atoms with E-state index < -0.39 is 22.0 Å². The number of anilines is 1. The zero-order chi connectivity index (χ0) is 16.3. The summed E-state index contributed by atoms with van der Waals surface area (Å²) in [5, 5.41) is 24.6. The maximum absolute atomic E-state index is 13.1. The van der Waals surface area contributed by atoms with Gasteiger partial charge in [0.1, 0.15) is 17.1 Å². The molecular formula is C15H14ClFN2O3. The van der Waals surface area contributed by atoms with Gasteiger partial charge in [-0.05, 0) is 25.1 Å². The molecule has 0 radical (unpaired) electrons. The minimum absolute atomic E-state index is 0.0246. The summed E-state index contributed by atoms with van der Waals surface area (Å²) < 4.78 is 13.1.